The second kappa shape index (κ2) is 10.9. The first kappa shape index (κ1) is 20.4. The average Bonchev–Trinajstić information content (AvgIpc) is 2.69. The van der Waals surface area contributed by atoms with Gasteiger partial charge in [-0.05, 0) is 69.5 Å². The molecule has 2 heteroatoms. The van der Waals surface area contributed by atoms with Crippen LogP contribution in [-0.4, -0.2) is 19.6 Å². The van der Waals surface area contributed by atoms with Gasteiger partial charge in [0.05, 0.1) is 0 Å². The zero-order valence-electron chi connectivity index (χ0n) is 17.2. The molecule has 0 atom stereocenters. The summed E-state index contributed by atoms with van der Waals surface area (Å²) in [6, 6.07) is 17.8. The van der Waals surface area contributed by atoms with Gasteiger partial charge >= 0.3 is 0 Å². The van der Waals surface area contributed by atoms with E-state index in [0.717, 1.165) is 19.6 Å². The number of rotatable bonds is 11. The Hall–Kier alpha value is -1.96. The Labute approximate surface area is 160 Å². The highest BCUT2D eigenvalue weighted by Gasteiger charge is 2.13. The van der Waals surface area contributed by atoms with Crippen LogP contribution in [0.3, 0.4) is 0 Å². The van der Waals surface area contributed by atoms with E-state index in [1.165, 1.54) is 54.7 Å². The van der Waals surface area contributed by atoms with Crippen molar-refractivity contribution in [3.8, 4) is 0 Å². The predicted octanol–water partition coefficient (Wildman–Crippen LogP) is 6.81. The molecule has 0 aliphatic carbocycles. The molecule has 0 spiro atoms. The molecule has 2 nitrogen and oxygen atoms in total. The smallest absolute Gasteiger partial charge is 0.0414 e. The van der Waals surface area contributed by atoms with Crippen LogP contribution in [0, 0.1) is 0 Å². The summed E-state index contributed by atoms with van der Waals surface area (Å²) in [5.41, 5.74) is 5.48. The third kappa shape index (κ3) is 5.27. The minimum Gasteiger partial charge on any atom is -0.372 e. The van der Waals surface area contributed by atoms with Crippen molar-refractivity contribution in [1.82, 2.24) is 0 Å². The molecule has 0 amide bonds. The van der Waals surface area contributed by atoms with E-state index in [1.807, 2.05) is 0 Å². The molecule has 0 aliphatic rings. The Kier molecular flexibility index (Phi) is 8.53. The summed E-state index contributed by atoms with van der Waals surface area (Å²) in [7, 11) is 0. The van der Waals surface area contributed by atoms with Gasteiger partial charge < -0.3 is 9.80 Å². The van der Waals surface area contributed by atoms with Crippen molar-refractivity contribution >= 4 is 17.1 Å². The van der Waals surface area contributed by atoms with Gasteiger partial charge in [-0.25, -0.2) is 0 Å². The number of hydrogen-bond donors (Lipinski definition) is 0. The number of benzene rings is 2. The number of anilines is 3. The van der Waals surface area contributed by atoms with Gasteiger partial charge in [0, 0.05) is 36.7 Å². The molecule has 0 N–H and O–H groups in total. The average molecular weight is 353 g/mol. The molecular weight excluding hydrogens is 316 g/mol. The quantitative estimate of drug-likeness (QED) is 0.410. The van der Waals surface area contributed by atoms with Crippen molar-refractivity contribution in [2.45, 2.75) is 59.8 Å². The molecule has 0 unspecified atom stereocenters. The normalized spacial score (nSPS) is 10.8. The van der Waals surface area contributed by atoms with Crippen molar-refractivity contribution in [2.24, 2.45) is 0 Å². The van der Waals surface area contributed by atoms with Crippen LogP contribution in [0.5, 0.6) is 0 Å². The molecule has 2 rings (SSSR count). The van der Waals surface area contributed by atoms with E-state index < -0.39 is 0 Å². The second-order valence-electron chi connectivity index (χ2n) is 6.88. The molecule has 0 aromatic heterocycles. The predicted molar refractivity (Wildman–Crippen MR) is 117 cm³/mol. The molecular formula is C24H36N2. The van der Waals surface area contributed by atoms with E-state index in [-0.39, 0.29) is 0 Å². The van der Waals surface area contributed by atoms with Gasteiger partial charge in [-0.2, -0.15) is 0 Å². The van der Waals surface area contributed by atoms with Gasteiger partial charge in [-0.3, -0.25) is 0 Å². The Morgan fingerprint density at radius 3 is 2.04 bits per heavy atom. The van der Waals surface area contributed by atoms with Gasteiger partial charge in [0.15, 0.2) is 0 Å². The maximum atomic E-state index is 2.48. The third-order valence-corrected chi connectivity index (χ3v) is 5.16. The van der Waals surface area contributed by atoms with Crippen LogP contribution in [0.25, 0.3) is 0 Å². The summed E-state index contributed by atoms with van der Waals surface area (Å²) in [6.07, 6.45) is 6.41. The van der Waals surface area contributed by atoms with E-state index >= 15 is 0 Å². The fourth-order valence-corrected chi connectivity index (χ4v) is 3.68. The highest BCUT2D eigenvalue weighted by atomic mass is 15.1. The van der Waals surface area contributed by atoms with Crippen molar-refractivity contribution in [3.63, 3.8) is 0 Å². The summed E-state index contributed by atoms with van der Waals surface area (Å²) in [4.78, 5) is 4.89. The summed E-state index contributed by atoms with van der Waals surface area (Å²) in [5.74, 6) is 0. The molecule has 142 valence electrons. The van der Waals surface area contributed by atoms with Gasteiger partial charge in [-0.15, -0.1) is 0 Å². The first-order valence-corrected chi connectivity index (χ1v) is 10.5. The Balaban J connectivity index is 2.32. The van der Waals surface area contributed by atoms with Crippen LogP contribution in [0.1, 0.15) is 58.9 Å². The SMILES string of the molecule is CCCCCCc1cc(N(CC)c2ccccc2)ccc1N(CC)CC. The molecule has 0 bridgehead atoms. The number of nitrogens with zero attached hydrogens (tertiary/aromatic N) is 2. The number of hydrogen-bond acceptors (Lipinski definition) is 2. The van der Waals surface area contributed by atoms with Crippen LogP contribution in [-0.2, 0) is 6.42 Å². The summed E-state index contributed by atoms with van der Waals surface area (Å²) in [6.45, 7) is 12.1. The molecule has 0 heterocycles. The lowest BCUT2D eigenvalue weighted by Gasteiger charge is -2.28. The van der Waals surface area contributed by atoms with Gasteiger partial charge in [0.25, 0.3) is 0 Å². The van der Waals surface area contributed by atoms with Crippen LogP contribution < -0.4 is 9.80 Å². The first-order valence-electron chi connectivity index (χ1n) is 10.5. The maximum Gasteiger partial charge on any atom is 0.0414 e. The van der Waals surface area contributed by atoms with Gasteiger partial charge in [0.2, 0.25) is 0 Å². The van der Waals surface area contributed by atoms with Crippen LogP contribution in [0.2, 0.25) is 0 Å². The van der Waals surface area contributed by atoms with Crippen LogP contribution in [0.15, 0.2) is 48.5 Å². The molecule has 0 radical (unpaired) electrons. The van der Waals surface area contributed by atoms with E-state index in [4.69, 9.17) is 0 Å². The lowest BCUT2D eigenvalue weighted by atomic mass is 10.0. The largest absolute Gasteiger partial charge is 0.372 e. The molecule has 26 heavy (non-hydrogen) atoms. The van der Waals surface area contributed by atoms with Crippen molar-refractivity contribution < 1.29 is 0 Å². The highest BCUT2D eigenvalue weighted by molar-refractivity contribution is 5.68. The minimum absolute atomic E-state index is 0.976. The zero-order valence-corrected chi connectivity index (χ0v) is 17.2. The molecule has 0 fully saturated rings. The molecule has 0 saturated carbocycles. The number of unbranched alkanes of at least 4 members (excludes halogenated alkanes) is 3. The molecule has 2 aromatic rings. The first-order chi connectivity index (χ1) is 12.7. The molecule has 0 saturated heterocycles. The lowest BCUT2D eigenvalue weighted by Crippen LogP contribution is -2.24. The Bertz CT molecular complexity index is 632. The van der Waals surface area contributed by atoms with Crippen molar-refractivity contribution in [3.05, 3.63) is 54.1 Å². The summed E-state index contributed by atoms with van der Waals surface area (Å²) < 4.78 is 0. The standard InChI is InChI=1S/C24H36N2/c1-5-9-10-12-15-21-20-23(18-19-24(21)25(6-2)7-3)26(8-4)22-16-13-11-14-17-22/h11,13-14,16-20H,5-10,12,15H2,1-4H3. The maximum absolute atomic E-state index is 2.48. The minimum atomic E-state index is 0.976. The zero-order chi connectivity index (χ0) is 18.8. The Morgan fingerprint density at radius 2 is 1.42 bits per heavy atom. The number of aryl methyl sites for hydroxylation is 1. The van der Waals surface area contributed by atoms with Crippen LogP contribution in [0.4, 0.5) is 17.1 Å². The van der Waals surface area contributed by atoms with E-state index in [2.05, 4.69) is 86.0 Å². The summed E-state index contributed by atoms with van der Waals surface area (Å²) >= 11 is 0. The van der Waals surface area contributed by atoms with E-state index in [0.29, 0.717) is 0 Å². The fourth-order valence-electron chi connectivity index (χ4n) is 3.68. The van der Waals surface area contributed by atoms with Gasteiger partial charge in [-0.1, -0.05) is 44.4 Å². The van der Waals surface area contributed by atoms with Crippen LogP contribution >= 0.6 is 0 Å². The monoisotopic (exact) mass is 352 g/mol. The third-order valence-electron chi connectivity index (χ3n) is 5.16. The fraction of sp³-hybridized carbons (Fsp3) is 0.500. The van der Waals surface area contributed by atoms with Crippen molar-refractivity contribution in [1.29, 1.82) is 0 Å². The van der Waals surface area contributed by atoms with E-state index in [1.54, 1.807) is 0 Å². The topological polar surface area (TPSA) is 6.48 Å². The highest BCUT2D eigenvalue weighted by Crippen LogP contribution is 2.31. The lowest BCUT2D eigenvalue weighted by molar-refractivity contribution is 0.665. The van der Waals surface area contributed by atoms with E-state index in [9.17, 15) is 0 Å². The van der Waals surface area contributed by atoms with Gasteiger partial charge in [0.1, 0.15) is 0 Å². The second-order valence-corrected chi connectivity index (χ2v) is 6.88. The number of para-hydroxylation sites is 1. The molecule has 0 aliphatic heterocycles. The molecule has 2 aromatic carbocycles. The Morgan fingerprint density at radius 1 is 0.692 bits per heavy atom. The van der Waals surface area contributed by atoms with Crippen molar-refractivity contribution in [2.75, 3.05) is 29.4 Å². The summed E-state index contributed by atoms with van der Waals surface area (Å²) in [5, 5.41) is 0.